The molecular formula is C44H42O8. The van der Waals surface area contributed by atoms with Crippen molar-refractivity contribution in [2.45, 2.75) is 53.4 Å². The summed E-state index contributed by atoms with van der Waals surface area (Å²) in [6.07, 6.45) is 0.0418. The van der Waals surface area contributed by atoms with E-state index in [-0.39, 0.29) is 52.1 Å². The molecule has 0 spiro atoms. The highest BCUT2D eigenvalue weighted by Crippen LogP contribution is 2.56. The number of carbonyl (C=O) groups excluding carboxylic acids is 4. The minimum atomic E-state index is -1.67. The third-order valence-electron chi connectivity index (χ3n) is 10.6. The predicted molar refractivity (Wildman–Crippen MR) is 199 cm³/mol. The lowest BCUT2D eigenvalue weighted by molar-refractivity contribution is -0.173. The highest BCUT2D eigenvalue weighted by atomic mass is 16.6. The van der Waals surface area contributed by atoms with Crippen LogP contribution in [0, 0.1) is 10.8 Å². The van der Waals surface area contributed by atoms with Crippen LogP contribution in [0.3, 0.4) is 0 Å². The fourth-order valence-corrected chi connectivity index (χ4v) is 8.42. The molecule has 266 valence electrons. The number of rotatable bonds is 10. The minimum Gasteiger partial charge on any atom is -0.465 e. The summed E-state index contributed by atoms with van der Waals surface area (Å²) in [5, 5.41) is 4.01. The van der Waals surface area contributed by atoms with Crippen LogP contribution in [0.2, 0.25) is 0 Å². The van der Waals surface area contributed by atoms with Crippen molar-refractivity contribution in [1.82, 2.24) is 0 Å². The molecule has 0 unspecified atom stereocenters. The van der Waals surface area contributed by atoms with Crippen LogP contribution >= 0.6 is 0 Å². The van der Waals surface area contributed by atoms with Crippen molar-refractivity contribution in [1.29, 1.82) is 0 Å². The van der Waals surface area contributed by atoms with E-state index in [9.17, 15) is 19.2 Å². The smallest absolute Gasteiger partial charge is 0.324 e. The van der Waals surface area contributed by atoms with Gasteiger partial charge in [0, 0.05) is 25.7 Å². The maximum atomic E-state index is 14.1. The second kappa shape index (κ2) is 13.9. The maximum absolute atomic E-state index is 14.1. The summed E-state index contributed by atoms with van der Waals surface area (Å²) in [6, 6.07) is 28.4. The van der Waals surface area contributed by atoms with Gasteiger partial charge in [0.25, 0.3) is 0 Å². The van der Waals surface area contributed by atoms with Crippen molar-refractivity contribution >= 4 is 45.4 Å². The number of esters is 4. The van der Waals surface area contributed by atoms with Gasteiger partial charge in [0.2, 0.25) is 0 Å². The molecule has 0 heterocycles. The van der Waals surface area contributed by atoms with Gasteiger partial charge in [-0.25, -0.2) is 0 Å². The van der Waals surface area contributed by atoms with Crippen molar-refractivity contribution in [3.8, 4) is 22.3 Å². The Labute approximate surface area is 303 Å². The minimum absolute atomic E-state index is 0.00233. The Bertz CT molecular complexity index is 2040. The van der Waals surface area contributed by atoms with Crippen molar-refractivity contribution in [3.05, 3.63) is 107 Å². The summed E-state index contributed by atoms with van der Waals surface area (Å²) in [6.45, 7) is 7.18. The van der Waals surface area contributed by atoms with Crippen LogP contribution in [0.4, 0.5) is 0 Å². The highest BCUT2D eigenvalue weighted by Gasteiger charge is 2.59. The molecule has 2 aliphatic rings. The average molecular weight is 699 g/mol. The van der Waals surface area contributed by atoms with Crippen LogP contribution in [0.1, 0.15) is 49.9 Å². The first kappa shape index (κ1) is 34.9. The van der Waals surface area contributed by atoms with Crippen LogP contribution in [-0.4, -0.2) is 50.3 Å². The molecular weight excluding hydrogens is 656 g/mol. The molecule has 0 aliphatic heterocycles. The lowest BCUT2D eigenvalue weighted by atomic mass is 9.79. The summed E-state index contributed by atoms with van der Waals surface area (Å²) in [5.41, 5.74) is 3.27. The molecule has 0 fully saturated rings. The van der Waals surface area contributed by atoms with Gasteiger partial charge in [0.05, 0.1) is 26.4 Å². The van der Waals surface area contributed by atoms with Crippen molar-refractivity contribution in [2.24, 2.45) is 10.8 Å². The predicted octanol–water partition coefficient (Wildman–Crippen LogP) is 7.75. The fraction of sp³-hybridized carbons (Fsp3) is 0.318. The zero-order valence-electron chi connectivity index (χ0n) is 30.0. The Kier molecular flexibility index (Phi) is 9.34. The van der Waals surface area contributed by atoms with Crippen LogP contribution in [0.25, 0.3) is 43.8 Å². The second-order valence-corrected chi connectivity index (χ2v) is 13.5. The van der Waals surface area contributed by atoms with Gasteiger partial charge in [0.1, 0.15) is 0 Å². The molecule has 0 saturated heterocycles. The standard InChI is InChI=1S/C44H42O8/c1-5-49-39(45)43(40(46)50-6-2)23-33-34-24-44(41(47)51-7-3,42(48)52-8-4)26-36(34)38(32-22-14-18-28-16-10-12-20-30(28)32)37(35(33)25-43)31-21-13-17-27-15-9-11-19-29(27)31/h9-22H,5-8,23-26H2,1-4H3. The van der Waals surface area contributed by atoms with E-state index < -0.39 is 34.7 Å². The van der Waals surface area contributed by atoms with E-state index in [1.807, 2.05) is 36.4 Å². The zero-order chi connectivity index (χ0) is 36.6. The molecule has 0 N–H and O–H groups in total. The summed E-state index contributed by atoms with van der Waals surface area (Å²) in [4.78, 5) is 56.3. The third-order valence-corrected chi connectivity index (χ3v) is 10.6. The zero-order valence-corrected chi connectivity index (χ0v) is 30.0. The quantitative estimate of drug-likeness (QED) is 0.0829. The normalized spacial score (nSPS) is 15.2. The molecule has 5 aromatic carbocycles. The molecule has 8 nitrogen and oxygen atoms in total. The molecule has 0 radical (unpaired) electrons. The largest absolute Gasteiger partial charge is 0.465 e. The number of benzene rings is 5. The number of hydrogen-bond acceptors (Lipinski definition) is 8. The molecule has 0 bridgehead atoms. The fourth-order valence-electron chi connectivity index (χ4n) is 8.42. The molecule has 0 aromatic heterocycles. The van der Waals surface area contributed by atoms with E-state index in [0.29, 0.717) is 0 Å². The summed E-state index contributed by atoms with van der Waals surface area (Å²) in [7, 11) is 0. The Hall–Kier alpha value is -5.50. The van der Waals surface area contributed by atoms with Gasteiger partial charge in [-0.1, -0.05) is 84.9 Å². The van der Waals surface area contributed by atoms with Crippen molar-refractivity contribution in [2.75, 3.05) is 26.4 Å². The maximum Gasteiger partial charge on any atom is 0.324 e. The van der Waals surface area contributed by atoms with Crippen LogP contribution in [0.5, 0.6) is 0 Å². The Morgan fingerprint density at radius 1 is 0.442 bits per heavy atom. The number of fused-ring (bicyclic) bond motifs is 5. The Balaban J connectivity index is 1.65. The van der Waals surface area contributed by atoms with Gasteiger partial charge in [-0.2, -0.15) is 0 Å². The number of ether oxygens (including phenoxy) is 4. The van der Waals surface area contributed by atoms with Crippen LogP contribution in [-0.2, 0) is 63.8 Å². The van der Waals surface area contributed by atoms with Crippen LogP contribution in [0.15, 0.2) is 84.9 Å². The summed E-state index contributed by atoms with van der Waals surface area (Å²) in [5.74, 6) is -2.63. The molecule has 5 aromatic rings. The first-order chi connectivity index (χ1) is 25.2. The average Bonchev–Trinajstić information content (AvgIpc) is 3.76. The van der Waals surface area contributed by atoms with Gasteiger partial charge in [-0.3, -0.25) is 19.2 Å². The first-order valence-electron chi connectivity index (χ1n) is 18.1. The molecule has 8 heteroatoms. The molecule has 2 aliphatic carbocycles. The van der Waals surface area contributed by atoms with E-state index in [0.717, 1.165) is 66.1 Å². The number of hydrogen-bond donors (Lipinski definition) is 0. The molecule has 52 heavy (non-hydrogen) atoms. The lowest BCUT2D eigenvalue weighted by Crippen LogP contribution is -2.43. The van der Waals surface area contributed by atoms with E-state index in [2.05, 4.69) is 48.5 Å². The monoisotopic (exact) mass is 698 g/mol. The molecule has 0 saturated carbocycles. The molecule has 7 rings (SSSR count). The van der Waals surface area contributed by atoms with Gasteiger partial charge < -0.3 is 18.9 Å². The lowest BCUT2D eigenvalue weighted by Gasteiger charge is -2.25. The van der Waals surface area contributed by atoms with Gasteiger partial charge in [-0.05, 0) is 93.7 Å². The van der Waals surface area contributed by atoms with Crippen molar-refractivity contribution in [3.63, 3.8) is 0 Å². The van der Waals surface area contributed by atoms with E-state index in [1.54, 1.807) is 27.7 Å². The van der Waals surface area contributed by atoms with Gasteiger partial charge >= 0.3 is 23.9 Å². The van der Waals surface area contributed by atoms with E-state index in [1.165, 1.54) is 0 Å². The summed E-state index contributed by atoms with van der Waals surface area (Å²) >= 11 is 0. The first-order valence-corrected chi connectivity index (χ1v) is 18.1. The Morgan fingerprint density at radius 2 is 0.750 bits per heavy atom. The van der Waals surface area contributed by atoms with Crippen molar-refractivity contribution < 1.29 is 38.1 Å². The SMILES string of the molecule is CCOC(=O)C1(C(=O)OCC)Cc2c3c(c(-c4cccc5ccccc45)c(-c4cccc5ccccc45)c2C1)CC(C(=O)OCC)(C(=O)OCC)C3. The molecule has 0 atom stereocenters. The highest BCUT2D eigenvalue weighted by molar-refractivity contribution is 6.11. The Morgan fingerprint density at radius 3 is 1.10 bits per heavy atom. The third kappa shape index (κ3) is 5.43. The number of carbonyl (C=O) groups is 4. The van der Waals surface area contributed by atoms with E-state index in [4.69, 9.17) is 18.9 Å². The van der Waals surface area contributed by atoms with Crippen LogP contribution < -0.4 is 0 Å². The topological polar surface area (TPSA) is 105 Å². The van der Waals surface area contributed by atoms with E-state index >= 15 is 0 Å². The molecule has 0 amide bonds. The van der Waals surface area contributed by atoms with Gasteiger partial charge in [-0.15, -0.1) is 0 Å². The second-order valence-electron chi connectivity index (χ2n) is 13.5. The summed E-state index contributed by atoms with van der Waals surface area (Å²) < 4.78 is 22.5. The van der Waals surface area contributed by atoms with Gasteiger partial charge in [0.15, 0.2) is 10.8 Å².